The number of hydrogen-bond acceptors (Lipinski definition) is 9. The quantitative estimate of drug-likeness (QED) is 0.228. The van der Waals surface area contributed by atoms with Gasteiger partial charge >= 0.3 is 7.60 Å². The molecule has 14 heteroatoms. The van der Waals surface area contributed by atoms with Crippen molar-refractivity contribution in [2.24, 2.45) is 0 Å². The molecule has 3 heterocycles. The molecule has 1 aromatic carbocycles. The van der Waals surface area contributed by atoms with Gasteiger partial charge in [-0.3, -0.25) is 4.57 Å². The molecule has 182 valence electrons. The van der Waals surface area contributed by atoms with Crippen LogP contribution in [-0.2, 0) is 27.0 Å². The molecule has 0 amide bonds. The van der Waals surface area contributed by atoms with Gasteiger partial charge in [-0.05, 0) is 35.6 Å². The zero-order chi connectivity index (χ0) is 24.0. The van der Waals surface area contributed by atoms with Crippen LogP contribution in [0.2, 0.25) is 5.28 Å². The average molecular weight is 512 g/mol. The molecule has 3 aromatic rings. The Morgan fingerprint density at radius 3 is 2.82 bits per heavy atom. The van der Waals surface area contributed by atoms with Crippen LogP contribution >= 0.6 is 19.2 Å². The number of benzene rings is 1. The van der Waals surface area contributed by atoms with Crippen molar-refractivity contribution in [3.05, 3.63) is 46.9 Å². The SMILES string of the molecule is O=P(O)(O)CO[C@H]1O[C@H](Cn2ncc3c(NC4CCc5ccccc54)nc(Cl)nc32)[C@H](O)[C@@H]1O. The molecule has 1 fully saturated rings. The van der Waals surface area contributed by atoms with Gasteiger partial charge in [0.05, 0.1) is 24.2 Å². The number of aryl methyl sites for hydroxylation is 1. The van der Waals surface area contributed by atoms with Gasteiger partial charge < -0.3 is 34.8 Å². The van der Waals surface area contributed by atoms with Gasteiger partial charge in [0.2, 0.25) is 5.28 Å². The van der Waals surface area contributed by atoms with Crippen LogP contribution in [-0.4, -0.2) is 70.7 Å². The van der Waals surface area contributed by atoms with Crippen LogP contribution in [0.5, 0.6) is 0 Å². The molecule has 0 spiro atoms. The van der Waals surface area contributed by atoms with Crippen LogP contribution in [0.4, 0.5) is 5.82 Å². The number of aromatic nitrogens is 4. The van der Waals surface area contributed by atoms with Crippen molar-refractivity contribution in [1.29, 1.82) is 0 Å². The van der Waals surface area contributed by atoms with Crippen molar-refractivity contribution in [1.82, 2.24) is 19.7 Å². The van der Waals surface area contributed by atoms with E-state index in [1.165, 1.54) is 15.8 Å². The predicted molar refractivity (Wildman–Crippen MR) is 120 cm³/mol. The molecule has 2 aliphatic rings. The van der Waals surface area contributed by atoms with Crippen LogP contribution in [0, 0.1) is 0 Å². The van der Waals surface area contributed by atoms with Crippen molar-refractivity contribution in [3.8, 4) is 0 Å². The molecule has 5 N–H and O–H groups in total. The Hall–Kier alpha value is -2.15. The molecule has 1 aliphatic heterocycles. The standard InChI is InChI=1S/C20H23ClN5O7P/c21-20-24-17(23-13-6-5-10-3-1-2-4-11(10)13)12-7-22-26(18(12)25-20)8-14-15(27)16(28)19(33-14)32-9-34(29,30)31/h1-4,7,13-16,19,27-28H,5-6,8-9H2,(H,23,24,25)(H2,29,30,31)/t13?,14-,15+,16+,19+/m1/s1. The third kappa shape index (κ3) is 4.68. The largest absolute Gasteiger partial charge is 0.387 e. The minimum Gasteiger partial charge on any atom is -0.387 e. The summed E-state index contributed by atoms with van der Waals surface area (Å²) in [5.74, 6) is 0.527. The van der Waals surface area contributed by atoms with Gasteiger partial charge in [-0.25, -0.2) is 4.68 Å². The number of rotatable bonds is 7. The highest BCUT2D eigenvalue weighted by Gasteiger charge is 2.44. The van der Waals surface area contributed by atoms with Gasteiger partial charge in [-0.15, -0.1) is 0 Å². The maximum absolute atomic E-state index is 11.0. The van der Waals surface area contributed by atoms with Crippen molar-refractivity contribution in [3.63, 3.8) is 0 Å². The molecule has 0 radical (unpaired) electrons. The van der Waals surface area contributed by atoms with E-state index >= 15 is 0 Å². The Morgan fingerprint density at radius 1 is 1.24 bits per heavy atom. The van der Waals surface area contributed by atoms with Crippen LogP contribution < -0.4 is 5.32 Å². The lowest BCUT2D eigenvalue weighted by Crippen LogP contribution is -2.35. The zero-order valence-corrected chi connectivity index (χ0v) is 19.4. The summed E-state index contributed by atoms with van der Waals surface area (Å²) in [6.07, 6.45) is -2.72. The second-order valence-corrected chi connectivity index (χ2v) is 10.2. The number of anilines is 1. The molecular weight excluding hydrogens is 489 g/mol. The molecule has 12 nitrogen and oxygen atoms in total. The number of aliphatic hydroxyl groups is 2. The summed E-state index contributed by atoms with van der Waals surface area (Å²) in [6, 6.07) is 8.27. The highest BCUT2D eigenvalue weighted by atomic mass is 35.5. The molecule has 0 saturated carbocycles. The van der Waals surface area contributed by atoms with E-state index in [-0.39, 0.29) is 17.9 Å². The molecule has 1 unspecified atom stereocenters. The van der Waals surface area contributed by atoms with E-state index in [1.54, 1.807) is 6.20 Å². The van der Waals surface area contributed by atoms with E-state index in [1.807, 2.05) is 12.1 Å². The maximum Gasteiger partial charge on any atom is 0.351 e. The number of nitrogens with one attached hydrogen (secondary N) is 1. The lowest BCUT2D eigenvalue weighted by atomic mass is 10.1. The number of nitrogens with zero attached hydrogens (tertiary/aromatic N) is 4. The van der Waals surface area contributed by atoms with E-state index in [2.05, 4.69) is 32.5 Å². The Morgan fingerprint density at radius 2 is 2.03 bits per heavy atom. The average Bonchev–Trinajstić information content (AvgIpc) is 3.45. The summed E-state index contributed by atoms with van der Waals surface area (Å²) in [6.45, 7) is -0.0173. The number of halogens is 1. The first-order valence-corrected chi connectivity index (χ1v) is 12.8. The summed E-state index contributed by atoms with van der Waals surface area (Å²) >= 11 is 6.20. The van der Waals surface area contributed by atoms with Crippen LogP contribution in [0.3, 0.4) is 0 Å². The Kier molecular flexibility index (Phi) is 6.34. The fraction of sp³-hybridized carbons (Fsp3) is 0.450. The van der Waals surface area contributed by atoms with Gasteiger partial charge in [-0.1, -0.05) is 24.3 Å². The van der Waals surface area contributed by atoms with Crippen LogP contribution in [0.1, 0.15) is 23.6 Å². The van der Waals surface area contributed by atoms with E-state index in [4.69, 9.17) is 30.9 Å². The van der Waals surface area contributed by atoms with Crippen molar-refractivity contribution >= 4 is 36.0 Å². The summed E-state index contributed by atoms with van der Waals surface area (Å²) in [4.78, 5) is 26.6. The Balaban J connectivity index is 1.36. The molecule has 34 heavy (non-hydrogen) atoms. The fourth-order valence-electron chi connectivity index (χ4n) is 4.39. The van der Waals surface area contributed by atoms with E-state index in [0.29, 0.717) is 16.9 Å². The highest BCUT2D eigenvalue weighted by Crippen LogP contribution is 2.37. The first kappa shape index (κ1) is 23.6. The zero-order valence-electron chi connectivity index (χ0n) is 17.7. The normalized spacial score (nSPS) is 26.8. The monoisotopic (exact) mass is 511 g/mol. The smallest absolute Gasteiger partial charge is 0.351 e. The molecule has 1 saturated heterocycles. The minimum absolute atomic E-state index is 0.0128. The number of hydrogen-bond donors (Lipinski definition) is 5. The fourth-order valence-corrected chi connectivity index (χ4v) is 4.89. The third-order valence-corrected chi connectivity index (χ3v) is 6.65. The first-order valence-electron chi connectivity index (χ1n) is 10.6. The highest BCUT2D eigenvalue weighted by molar-refractivity contribution is 7.51. The Bertz CT molecular complexity index is 1250. The topological polar surface area (TPSA) is 172 Å². The maximum atomic E-state index is 11.0. The first-order chi connectivity index (χ1) is 16.2. The minimum atomic E-state index is -4.47. The molecular formula is C20H23ClN5O7P. The summed E-state index contributed by atoms with van der Waals surface area (Å²) in [7, 11) is -4.47. The van der Waals surface area contributed by atoms with Gasteiger partial charge in [0.15, 0.2) is 18.3 Å². The van der Waals surface area contributed by atoms with E-state index in [9.17, 15) is 14.8 Å². The number of ether oxygens (including phenoxy) is 2. The molecule has 2 aromatic heterocycles. The van der Waals surface area contributed by atoms with E-state index < -0.39 is 38.5 Å². The lowest BCUT2D eigenvalue weighted by molar-refractivity contribution is -0.158. The molecule has 0 bridgehead atoms. The summed E-state index contributed by atoms with van der Waals surface area (Å²) in [5.41, 5.74) is 2.89. The number of aliphatic hydroxyl groups excluding tert-OH is 2. The Labute approximate surface area is 198 Å². The van der Waals surface area contributed by atoms with E-state index in [0.717, 1.165) is 12.8 Å². The van der Waals surface area contributed by atoms with Crippen molar-refractivity contribution < 1.29 is 34.0 Å². The van der Waals surface area contributed by atoms with Crippen molar-refractivity contribution in [2.45, 2.75) is 50.0 Å². The van der Waals surface area contributed by atoms with Crippen LogP contribution in [0.15, 0.2) is 30.5 Å². The predicted octanol–water partition coefficient (Wildman–Crippen LogP) is 1.18. The molecule has 1 aliphatic carbocycles. The second kappa shape index (κ2) is 9.14. The second-order valence-electron chi connectivity index (χ2n) is 8.32. The molecule has 5 atom stereocenters. The summed E-state index contributed by atoms with van der Waals surface area (Å²) < 4.78 is 22.9. The number of fused-ring (bicyclic) bond motifs is 2. The van der Waals surface area contributed by atoms with Gasteiger partial charge in [0, 0.05) is 0 Å². The van der Waals surface area contributed by atoms with Crippen LogP contribution in [0.25, 0.3) is 11.0 Å². The third-order valence-electron chi connectivity index (χ3n) is 5.99. The van der Waals surface area contributed by atoms with Gasteiger partial charge in [0.25, 0.3) is 0 Å². The summed E-state index contributed by atoms with van der Waals surface area (Å²) in [5, 5.41) is 28.9. The van der Waals surface area contributed by atoms with Gasteiger partial charge in [0.1, 0.15) is 24.1 Å². The van der Waals surface area contributed by atoms with Crippen molar-refractivity contribution in [2.75, 3.05) is 11.7 Å². The van der Waals surface area contributed by atoms with Gasteiger partial charge in [-0.2, -0.15) is 15.1 Å². The lowest BCUT2D eigenvalue weighted by Gasteiger charge is -2.16. The molecule has 5 rings (SSSR count).